The summed E-state index contributed by atoms with van der Waals surface area (Å²) in [6.45, 7) is 5.64. The van der Waals surface area contributed by atoms with Gasteiger partial charge in [0, 0.05) is 5.92 Å². The van der Waals surface area contributed by atoms with Crippen molar-refractivity contribution in [2.45, 2.75) is 90.3 Å². The predicted octanol–water partition coefficient (Wildman–Crippen LogP) is 5.19. The molecule has 3 heteroatoms. The average molecular weight is 392 g/mol. The smallest absolute Gasteiger partial charge is 0.0723 e. The van der Waals surface area contributed by atoms with Crippen molar-refractivity contribution in [1.82, 2.24) is 4.90 Å². The fourth-order valence-electron chi connectivity index (χ4n) is 5.17. The molecular formula is C25H45NO2. The van der Waals surface area contributed by atoms with Crippen LogP contribution in [0.2, 0.25) is 0 Å². The van der Waals surface area contributed by atoms with Crippen LogP contribution in [0.5, 0.6) is 0 Å². The van der Waals surface area contributed by atoms with Crippen molar-refractivity contribution in [1.29, 1.82) is 0 Å². The van der Waals surface area contributed by atoms with Crippen molar-refractivity contribution in [3.8, 4) is 0 Å². The second-order valence-electron chi connectivity index (χ2n) is 9.79. The molecule has 28 heavy (non-hydrogen) atoms. The van der Waals surface area contributed by atoms with Gasteiger partial charge in [0.2, 0.25) is 0 Å². The molecule has 0 saturated heterocycles. The lowest BCUT2D eigenvalue weighted by Gasteiger charge is -2.19. The van der Waals surface area contributed by atoms with Gasteiger partial charge >= 0.3 is 0 Å². The van der Waals surface area contributed by atoms with Crippen LogP contribution in [-0.4, -0.2) is 48.0 Å². The van der Waals surface area contributed by atoms with Crippen LogP contribution in [-0.2, 0) is 0 Å². The van der Waals surface area contributed by atoms with E-state index in [1.165, 1.54) is 51.5 Å². The molecule has 2 aliphatic carbocycles. The van der Waals surface area contributed by atoms with E-state index in [0.717, 1.165) is 19.3 Å². The Morgan fingerprint density at radius 1 is 1.21 bits per heavy atom. The van der Waals surface area contributed by atoms with Gasteiger partial charge in [0.05, 0.1) is 12.2 Å². The van der Waals surface area contributed by atoms with Gasteiger partial charge in [-0.1, -0.05) is 63.3 Å². The monoisotopic (exact) mass is 391 g/mol. The maximum atomic E-state index is 10.5. The summed E-state index contributed by atoms with van der Waals surface area (Å²) < 4.78 is 0. The number of aliphatic hydroxyl groups excluding tert-OH is 2. The Hall–Kier alpha value is -0.640. The lowest BCUT2D eigenvalue weighted by molar-refractivity contribution is 0.139. The third-order valence-electron chi connectivity index (χ3n) is 6.80. The summed E-state index contributed by atoms with van der Waals surface area (Å²) in [6.07, 6.45) is 17.6. The van der Waals surface area contributed by atoms with Crippen LogP contribution in [0.4, 0.5) is 0 Å². The summed E-state index contributed by atoms with van der Waals surface area (Å²) >= 11 is 0. The second-order valence-corrected chi connectivity index (χ2v) is 9.79. The molecule has 1 saturated carbocycles. The first-order valence-corrected chi connectivity index (χ1v) is 11.8. The van der Waals surface area contributed by atoms with E-state index >= 15 is 0 Å². The number of hydrogen-bond donors (Lipinski definition) is 2. The molecule has 2 aliphatic rings. The SMILES string of the molecule is CCCC[C@@H](C)C[C@H](O)/C=C/[C@@H]1[C@H]2CC(CCCCCN(C)C)=C[C@H]2C[C@H]1O. The summed E-state index contributed by atoms with van der Waals surface area (Å²) in [5.41, 5.74) is 1.61. The lowest BCUT2D eigenvalue weighted by Crippen LogP contribution is -2.18. The summed E-state index contributed by atoms with van der Waals surface area (Å²) in [5, 5.41) is 20.9. The van der Waals surface area contributed by atoms with Crippen LogP contribution in [0.15, 0.2) is 23.8 Å². The van der Waals surface area contributed by atoms with Crippen molar-refractivity contribution >= 4 is 0 Å². The number of rotatable bonds is 13. The molecule has 0 unspecified atom stereocenters. The maximum absolute atomic E-state index is 10.5. The Morgan fingerprint density at radius 3 is 2.71 bits per heavy atom. The highest BCUT2D eigenvalue weighted by molar-refractivity contribution is 5.21. The molecule has 0 aromatic carbocycles. The minimum Gasteiger partial charge on any atom is -0.392 e. The third kappa shape index (κ3) is 7.65. The number of hydrogen-bond acceptors (Lipinski definition) is 3. The zero-order valence-corrected chi connectivity index (χ0v) is 18.8. The Bertz CT molecular complexity index is 499. The molecular weight excluding hydrogens is 346 g/mol. The molecule has 0 amide bonds. The minimum atomic E-state index is -0.372. The molecule has 0 radical (unpaired) electrons. The molecule has 2 rings (SSSR count). The van der Waals surface area contributed by atoms with Gasteiger partial charge in [0.1, 0.15) is 0 Å². The minimum absolute atomic E-state index is 0.216. The van der Waals surface area contributed by atoms with Gasteiger partial charge in [-0.05, 0) is 76.9 Å². The van der Waals surface area contributed by atoms with E-state index in [-0.39, 0.29) is 18.1 Å². The van der Waals surface area contributed by atoms with E-state index in [1.54, 1.807) is 5.57 Å². The zero-order valence-electron chi connectivity index (χ0n) is 18.8. The van der Waals surface area contributed by atoms with Gasteiger partial charge in [-0.2, -0.15) is 0 Å². The van der Waals surface area contributed by atoms with Crippen molar-refractivity contribution in [3.63, 3.8) is 0 Å². The Kier molecular flexibility index (Phi) is 10.3. The highest BCUT2D eigenvalue weighted by Gasteiger charge is 2.43. The largest absolute Gasteiger partial charge is 0.392 e. The Morgan fingerprint density at radius 2 is 2.00 bits per heavy atom. The number of nitrogens with zero attached hydrogens (tertiary/aromatic N) is 1. The average Bonchev–Trinajstić information content (AvgIpc) is 3.14. The van der Waals surface area contributed by atoms with Crippen LogP contribution in [0.3, 0.4) is 0 Å². The Balaban J connectivity index is 1.75. The van der Waals surface area contributed by atoms with Crippen LogP contribution < -0.4 is 0 Å². The quantitative estimate of drug-likeness (QED) is 0.336. The van der Waals surface area contributed by atoms with E-state index in [1.807, 2.05) is 6.08 Å². The molecule has 162 valence electrons. The van der Waals surface area contributed by atoms with Gasteiger partial charge in [0.25, 0.3) is 0 Å². The summed E-state index contributed by atoms with van der Waals surface area (Å²) in [5.74, 6) is 1.87. The number of allylic oxidation sites excluding steroid dienone is 2. The zero-order chi connectivity index (χ0) is 20.5. The highest BCUT2D eigenvalue weighted by Crippen LogP contribution is 2.48. The Labute approximate surface area is 173 Å². The third-order valence-corrected chi connectivity index (χ3v) is 6.80. The highest BCUT2D eigenvalue weighted by atomic mass is 16.3. The fraction of sp³-hybridized carbons (Fsp3) is 0.840. The van der Waals surface area contributed by atoms with Gasteiger partial charge in [-0.25, -0.2) is 0 Å². The van der Waals surface area contributed by atoms with Crippen LogP contribution in [0.1, 0.15) is 78.1 Å². The van der Waals surface area contributed by atoms with E-state index < -0.39 is 0 Å². The lowest BCUT2D eigenvalue weighted by atomic mass is 9.88. The van der Waals surface area contributed by atoms with Crippen LogP contribution in [0.25, 0.3) is 0 Å². The topological polar surface area (TPSA) is 43.7 Å². The van der Waals surface area contributed by atoms with Crippen molar-refractivity contribution in [2.24, 2.45) is 23.7 Å². The van der Waals surface area contributed by atoms with Crippen molar-refractivity contribution < 1.29 is 10.2 Å². The number of aliphatic hydroxyl groups is 2. The molecule has 6 atom stereocenters. The second kappa shape index (κ2) is 12.1. The summed E-state index contributed by atoms with van der Waals surface area (Å²) in [6, 6.07) is 0. The van der Waals surface area contributed by atoms with Crippen LogP contribution in [0, 0.1) is 23.7 Å². The van der Waals surface area contributed by atoms with E-state index in [4.69, 9.17) is 0 Å². The first-order chi connectivity index (χ1) is 13.4. The molecule has 0 aliphatic heterocycles. The van der Waals surface area contributed by atoms with E-state index in [2.05, 4.69) is 45.0 Å². The summed E-state index contributed by atoms with van der Waals surface area (Å²) in [7, 11) is 4.28. The molecule has 2 N–H and O–H groups in total. The number of unbranched alkanes of at least 4 members (excludes halogenated alkanes) is 3. The number of fused-ring (bicyclic) bond motifs is 1. The normalized spacial score (nSPS) is 29.5. The molecule has 0 bridgehead atoms. The molecule has 0 heterocycles. The predicted molar refractivity (Wildman–Crippen MR) is 119 cm³/mol. The van der Waals surface area contributed by atoms with Gasteiger partial charge < -0.3 is 15.1 Å². The van der Waals surface area contributed by atoms with Gasteiger partial charge in [-0.15, -0.1) is 0 Å². The molecule has 0 aromatic heterocycles. The maximum Gasteiger partial charge on any atom is 0.0723 e. The van der Waals surface area contributed by atoms with E-state index in [9.17, 15) is 10.2 Å². The van der Waals surface area contributed by atoms with Crippen molar-refractivity contribution in [3.05, 3.63) is 23.8 Å². The molecule has 1 fully saturated rings. The van der Waals surface area contributed by atoms with E-state index in [0.29, 0.717) is 17.8 Å². The first-order valence-electron chi connectivity index (χ1n) is 11.8. The standard InChI is InChI=1S/C25H45NO2/c1-5-6-10-19(2)15-22(27)12-13-23-24-17-20(16-21(24)18-25(23)28)11-8-7-9-14-26(3)4/h12-13,16,19,21-25,27-28H,5-11,14-15,17-18H2,1-4H3/b13-12+/t19-,21+,22-,23-,24+,25-/m1/s1. The summed E-state index contributed by atoms with van der Waals surface area (Å²) in [4.78, 5) is 2.26. The van der Waals surface area contributed by atoms with Crippen molar-refractivity contribution in [2.75, 3.05) is 20.6 Å². The molecule has 0 spiro atoms. The molecule has 3 nitrogen and oxygen atoms in total. The molecule has 0 aromatic rings. The fourth-order valence-corrected chi connectivity index (χ4v) is 5.17. The first kappa shape index (κ1) is 23.6. The van der Waals surface area contributed by atoms with Gasteiger partial charge in [0.15, 0.2) is 0 Å². The van der Waals surface area contributed by atoms with Gasteiger partial charge in [-0.3, -0.25) is 0 Å². The van der Waals surface area contributed by atoms with Crippen LogP contribution >= 0.6 is 0 Å².